The van der Waals surface area contributed by atoms with E-state index in [1.807, 2.05) is 38.1 Å². The molecule has 1 saturated carbocycles. The summed E-state index contributed by atoms with van der Waals surface area (Å²) in [6.07, 6.45) is 2.20. The van der Waals surface area contributed by atoms with E-state index >= 15 is 0 Å². The number of nitrogens with two attached hydrogens (primary N) is 1. The summed E-state index contributed by atoms with van der Waals surface area (Å²) in [6.45, 7) is 3.96. The van der Waals surface area contributed by atoms with Gasteiger partial charge in [0.1, 0.15) is 0 Å². The van der Waals surface area contributed by atoms with E-state index < -0.39 is 14.8 Å². The molecule has 5 heteroatoms. The molecule has 0 aromatic heterocycles. The second-order valence-corrected chi connectivity index (χ2v) is 8.43. The molecule has 1 aromatic rings. The summed E-state index contributed by atoms with van der Waals surface area (Å²) < 4.78 is 27.6. The Morgan fingerprint density at radius 1 is 1.30 bits per heavy atom. The molecule has 0 spiro atoms. The Morgan fingerprint density at radius 3 is 2.50 bits per heavy atom. The van der Waals surface area contributed by atoms with Gasteiger partial charge in [0.15, 0.2) is 0 Å². The number of hydrogen-bond donors (Lipinski definition) is 2. The fourth-order valence-corrected chi connectivity index (χ4v) is 5.46. The maximum Gasteiger partial charge on any atom is 0.217 e. The van der Waals surface area contributed by atoms with Crippen LogP contribution in [0.1, 0.15) is 43.9 Å². The van der Waals surface area contributed by atoms with Crippen molar-refractivity contribution in [2.75, 3.05) is 0 Å². The molecule has 20 heavy (non-hydrogen) atoms. The van der Waals surface area contributed by atoms with Crippen molar-refractivity contribution < 1.29 is 8.42 Å². The molecule has 2 aliphatic rings. The number of nitrogens with one attached hydrogen (secondary N) is 1. The number of sulfonamides is 1. The lowest BCUT2D eigenvalue weighted by molar-refractivity contribution is 0.478. The van der Waals surface area contributed by atoms with Crippen molar-refractivity contribution >= 4 is 10.0 Å². The monoisotopic (exact) mass is 294 g/mol. The van der Waals surface area contributed by atoms with E-state index in [0.717, 1.165) is 24.0 Å². The van der Waals surface area contributed by atoms with Crippen molar-refractivity contribution in [3.05, 3.63) is 35.4 Å². The third-order valence-electron chi connectivity index (χ3n) is 4.92. The highest BCUT2D eigenvalue weighted by molar-refractivity contribution is 7.91. The lowest BCUT2D eigenvalue weighted by atomic mass is 10.1. The van der Waals surface area contributed by atoms with Gasteiger partial charge in [-0.15, -0.1) is 0 Å². The fourth-order valence-electron chi connectivity index (χ4n) is 3.34. The van der Waals surface area contributed by atoms with Gasteiger partial charge in [0.25, 0.3) is 0 Å². The predicted molar refractivity (Wildman–Crippen MR) is 79.7 cm³/mol. The van der Waals surface area contributed by atoms with Crippen molar-refractivity contribution in [1.82, 2.24) is 4.72 Å². The Bertz CT molecular complexity index is 621. The molecule has 0 bridgehead atoms. The van der Waals surface area contributed by atoms with Gasteiger partial charge in [-0.25, -0.2) is 13.1 Å². The lowest BCUT2D eigenvalue weighted by Crippen LogP contribution is -2.47. The van der Waals surface area contributed by atoms with E-state index in [-0.39, 0.29) is 18.0 Å². The molecule has 0 aliphatic heterocycles. The van der Waals surface area contributed by atoms with Crippen LogP contribution >= 0.6 is 0 Å². The summed E-state index contributed by atoms with van der Waals surface area (Å²) >= 11 is 0. The van der Waals surface area contributed by atoms with Crippen LogP contribution in [0.2, 0.25) is 0 Å². The molecule has 0 saturated heterocycles. The van der Waals surface area contributed by atoms with Gasteiger partial charge in [-0.2, -0.15) is 0 Å². The Kier molecular flexibility index (Phi) is 3.19. The van der Waals surface area contributed by atoms with Gasteiger partial charge >= 0.3 is 0 Å². The highest BCUT2D eigenvalue weighted by Gasteiger charge is 2.57. The minimum absolute atomic E-state index is 0.139. The van der Waals surface area contributed by atoms with E-state index in [2.05, 4.69) is 4.72 Å². The highest BCUT2D eigenvalue weighted by atomic mass is 32.2. The topological polar surface area (TPSA) is 72.2 Å². The third-order valence-corrected chi connectivity index (χ3v) is 7.49. The van der Waals surface area contributed by atoms with Crippen LogP contribution in [0, 0.1) is 5.92 Å². The molecule has 0 amide bonds. The number of benzene rings is 1. The van der Waals surface area contributed by atoms with E-state index in [1.165, 1.54) is 0 Å². The summed E-state index contributed by atoms with van der Waals surface area (Å²) in [5.74, 6) is 0.139. The average molecular weight is 294 g/mol. The van der Waals surface area contributed by atoms with Gasteiger partial charge < -0.3 is 5.73 Å². The van der Waals surface area contributed by atoms with Crippen LogP contribution in [-0.2, 0) is 16.4 Å². The molecule has 2 atom stereocenters. The minimum Gasteiger partial charge on any atom is -0.323 e. The van der Waals surface area contributed by atoms with E-state index in [9.17, 15) is 8.42 Å². The predicted octanol–water partition coefficient (Wildman–Crippen LogP) is 1.72. The summed E-state index contributed by atoms with van der Waals surface area (Å²) in [6, 6.07) is 7.48. The van der Waals surface area contributed by atoms with Crippen LogP contribution in [0.15, 0.2) is 24.3 Å². The first kappa shape index (κ1) is 14.0. The van der Waals surface area contributed by atoms with E-state index in [1.54, 1.807) is 0 Å². The van der Waals surface area contributed by atoms with Gasteiger partial charge in [0.2, 0.25) is 10.0 Å². The minimum atomic E-state index is -3.31. The summed E-state index contributed by atoms with van der Waals surface area (Å²) in [5.41, 5.74) is 8.43. The number of hydrogen-bond acceptors (Lipinski definition) is 3. The van der Waals surface area contributed by atoms with Crippen molar-refractivity contribution in [2.45, 2.75) is 49.9 Å². The van der Waals surface area contributed by atoms with Crippen LogP contribution in [0.4, 0.5) is 0 Å². The normalized spacial score (nSPS) is 27.6. The maximum absolute atomic E-state index is 12.6. The van der Waals surface area contributed by atoms with Gasteiger partial charge in [-0.1, -0.05) is 38.1 Å². The van der Waals surface area contributed by atoms with Crippen molar-refractivity contribution in [2.24, 2.45) is 11.7 Å². The van der Waals surface area contributed by atoms with Crippen molar-refractivity contribution in [3.63, 3.8) is 0 Å². The zero-order valence-corrected chi connectivity index (χ0v) is 12.8. The summed E-state index contributed by atoms with van der Waals surface area (Å²) in [4.78, 5) is 0. The molecular weight excluding hydrogens is 272 g/mol. The molecule has 4 nitrogen and oxygen atoms in total. The maximum atomic E-state index is 12.6. The SMILES string of the molecule is CC(C)C1(S(=O)(=O)N[C@@H]2Cc3ccccc3[C@H]2N)CC1. The van der Waals surface area contributed by atoms with Crippen LogP contribution < -0.4 is 10.5 Å². The average Bonchev–Trinajstić information content (AvgIpc) is 3.15. The fraction of sp³-hybridized carbons (Fsp3) is 0.600. The molecular formula is C15H22N2O2S. The zero-order chi connectivity index (χ0) is 14.5. The second kappa shape index (κ2) is 4.55. The largest absolute Gasteiger partial charge is 0.323 e. The van der Waals surface area contributed by atoms with E-state index in [4.69, 9.17) is 5.73 Å². The Hall–Kier alpha value is -0.910. The molecule has 1 fully saturated rings. The Morgan fingerprint density at radius 2 is 1.95 bits per heavy atom. The Balaban J connectivity index is 1.81. The van der Waals surface area contributed by atoms with Crippen LogP contribution in [0.5, 0.6) is 0 Å². The van der Waals surface area contributed by atoms with Crippen LogP contribution in [-0.4, -0.2) is 19.2 Å². The van der Waals surface area contributed by atoms with E-state index in [0.29, 0.717) is 6.42 Å². The molecule has 0 radical (unpaired) electrons. The third kappa shape index (κ3) is 2.00. The molecule has 0 heterocycles. The quantitative estimate of drug-likeness (QED) is 0.888. The first-order chi connectivity index (χ1) is 9.37. The van der Waals surface area contributed by atoms with Crippen molar-refractivity contribution in [1.29, 1.82) is 0 Å². The smallest absolute Gasteiger partial charge is 0.217 e. The highest BCUT2D eigenvalue weighted by Crippen LogP contribution is 2.49. The molecule has 3 N–H and O–H groups in total. The molecule has 3 rings (SSSR count). The van der Waals surface area contributed by atoms with Gasteiger partial charge in [-0.05, 0) is 36.3 Å². The van der Waals surface area contributed by atoms with Crippen LogP contribution in [0.3, 0.4) is 0 Å². The molecule has 110 valence electrons. The van der Waals surface area contributed by atoms with Gasteiger partial charge in [-0.3, -0.25) is 0 Å². The van der Waals surface area contributed by atoms with Gasteiger partial charge in [0.05, 0.1) is 4.75 Å². The number of fused-ring (bicyclic) bond motifs is 1. The lowest BCUT2D eigenvalue weighted by Gasteiger charge is -2.25. The molecule has 1 aromatic carbocycles. The van der Waals surface area contributed by atoms with Crippen LogP contribution in [0.25, 0.3) is 0 Å². The number of rotatable bonds is 4. The summed E-state index contributed by atoms with van der Waals surface area (Å²) in [7, 11) is -3.31. The Labute approximate surface area is 120 Å². The first-order valence-corrected chi connectivity index (χ1v) is 8.71. The summed E-state index contributed by atoms with van der Waals surface area (Å²) in [5, 5.41) is 0. The zero-order valence-electron chi connectivity index (χ0n) is 12.0. The standard InChI is InChI=1S/C15H22N2O2S/c1-10(2)15(7-8-15)20(18,19)17-13-9-11-5-3-4-6-12(11)14(13)16/h3-6,10,13-14,17H,7-9,16H2,1-2H3/t13-,14-/m1/s1. The van der Waals surface area contributed by atoms with Gasteiger partial charge in [0, 0.05) is 12.1 Å². The molecule has 2 aliphatic carbocycles. The second-order valence-electron chi connectivity index (χ2n) is 6.38. The first-order valence-electron chi connectivity index (χ1n) is 7.23. The molecule has 0 unspecified atom stereocenters. The van der Waals surface area contributed by atoms with Crippen molar-refractivity contribution in [3.8, 4) is 0 Å².